The van der Waals surface area contributed by atoms with Gasteiger partial charge in [-0.15, -0.1) is 0 Å². The monoisotopic (exact) mass is 253 g/mol. The molecule has 1 aromatic carbocycles. The number of hydrogen-bond acceptors (Lipinski definition) is 4. The Morgan fingerprint density at radius 2 is 1.94 bits per heavy atom. The maximum atomic E-state index is 12.2. The zero-order valence-electron chi connectivity index (χ0n) is 9.86. The number of hydrogen-bond donors (Lipinski definition) is 1. The average Bonchev–Trinajstić information content (AvgIpc) is 2.59. The molecule has 1 aromatic rings. The predicted octanol–water partition coefficient (Wildman–Crippen LogP) is 1.23. The lowest BCUT2D eigenvalue weighted by Crippen LogP contribution is -2.24. The molecule has 0 aromatic heterocycles. The van der Waals surface area contributed by atoms with Gasteiger partial charge in [-0.2, -0.15) is 0 Å². The van der Waals surface area contributed by atoms with Crippen molar-refractivity contribution in [3.63, 3.8) is 0 Å². The maximum Gasteiger partial charge on any atom is 0.162 e. The first-order chi connectivity index (χ1) is 8.22. The Bertz CT molecular complexity index is 489. The quantitative estimate of drug-likeness (QED) is 0.817. The summed E-state index contributed by atoms with van der Waals surface area (Å²) >= 11 is 0. The largest absolute Gasteiger partial charge is 0.486 e. The molecule has 17 heavy (non-hydrogen) atoms. The standard InChI is InChI=1S/C12H15NO3S/c1-7-12(13-2)8-5-9-10(16-4-3-15-9)6-11(8)17(7)14/h5-7,12-13H,3-4H2,1-2H3. The lowest BCUT2D eigenvalue weighted by molar-refractivity contribution is 0.170. The van der Waals surface area contributed by atoms with Gasteiger partial charge >= 0.3 is 0 Å². The predicted molar refractivity (Wildman–Crippen MR) is 65.1 cm³/mol. The number of benzene rings is 1. The summed E-state index contributed by atoms with van der Waals surface area (Å²) < 4.78 is 23.3. The fourth-order valence-corrected chi connectivity index (χ4v) is 4.04. The highest BCUT2D eigenvalue weighted by Gasteiger charge is 2.36. The highest BCUT2D eigenvalue weighted by molar-refractivity contribution is 7.86. The molecule has 0 bridgehead atoms. The summed E-state index contributed by atoms with van der Waals surface area (Å²) in [6.07, 6.45) is 0. The van der Waals surface area contributed by atoms with Crippen LogP contribution in [0.25, 0.3) is 0 Å². The molecule has 3 unspecified atom stereocenters. The van der Waals surface area contributed by atoms with E-state index in [2.05, 4.69) is 5.32 Å². The minimum Gasteiger partial charge on any atom is -0.486 e. The van der Waals surface area contributed by atoms with Gasteiger partial charge in [-0.05, 0) is 25.6 Å². The van der Waals surface area contributed by atoms with E-state index in [1.54, 1.807) is 0 Å². The van der Waals surface area contributed by atoms with Gasteiger partial charge < -0.3 is 14.8 Å². The zero-order chi connectivity index (χ0) is 12.0. The lowest BCUT2D eigenvalue weighted by Gasteiger charge is -2.20. The van der Waals surface area contributed by atoms with Crippen LogP contribution in [0, 0.1) is 0 Å². The number of rotatable bonds is 1. The summed E-state index contributed by atoms with van der Waals surface area (Å²) in [4.78, 5) is 0.876. The fourth-order valence-electron chi connectivity index (χ4n) is 2.47. The topological polar surface area (TPSA) is 47.6 Å². The van der Waals surface area contributed by atoms with Gasteiger partial charge in [-0.3, -0.25) is 4.21 Å². The van der Waals surface area contributed by atoms with Gasteiger partial charge in [0.2, 0.25) is 0 Å². The molecule has 0 radical (unpaired) electrons. The molecule has 2 aliphatic rings. The SMILES string of the molecule is CNC1c2cc3c(cc2S(=O)C1C)OCCO3. The van der Waals surface area contributed by atoms with E-state index >= 15 is 0 Å². The summed E-state index contributed by atoms with van der Waals surface area (Å²) in [5.41, 5.74) is 1.07. The molecule has 0 fully saturated rings. The highest BCUT2D eigenvalue weighted by atomic mass is 32.2. The van der Waals surface area contributed by atoms with Crippen molar-refractivity contribution < 1.29 is 13.7 Å². The van der Waals surface area contributed by atoms with Gasteiger partial charge in [-0.25, -0.2) is 0 Å². The third-order valence-electron chi connectivity index (χ3n) is 3.34. The second kappa shape index (κ2) is 3.99. The van der Waals surface area contributed by atoms with Crippen molar-refractivity contribution in [2.24, 2.45) is 0 Å². The van der Waals surface area contributed by atoms with Crippen LogP contribution >= 0.6 is 0 Å². The fraction of sp³-hybridized carbons (Fsp3) is 0.500. The minimum absolute atomic E-state index is 0.0823. The van der Waals surface area contributed by atoms with Crippen LogP contribution < -0.4 is 14.8 Å². The molecule has 0 saturated heterocycles. The van der Waals surface area contributed by atoms with E-state index in [-0.39, 0.29) is 11.3 Å². The van der Waals surface area contributed by atoms with Crippen molar-refractivity contribution in [2.45, 2.75) is 23.1 Å². The third-order valence-corrected chi connectivity index (χ3v) is 5.08. The van der Waals surface area contributed by atoms with Crippen molar-refractivity contribution in [3.8, 4) is 11.5 Å². The molecule has 0 saturated carbocycles. The third kappa shape index (κ3) is 1.57. The Morgan fingerprint density at radius 3 is 2.59 bits per heavy atom. The van der Waals surface area contributed by atoms with Gasteiger partial charge in [0.05, 0.1) is 16.0 Å². The molecule has 92 valence electrons. The molecule has 2 aliphatic heterocycles. The Hall–Kier alpha value is -1.07. The number of nitrogens with one attached hydrogen (secondary N) is 1. The normalized spacial score (nSPS) is 30.1. The maximum absolute atomic E-state index is 12.2. The summed E-state index contributed by atoms with van der Waals surface area (Å²) in [7, 11) is 0.925. The molecule has 3 rings (SSSR count). The van der Waals surface area contributed by atoms with Crippen LogP contribution in [-0.4, -0.2) is 29.7 Å². The van der Waals surface area contributed by atoms with E-state index in [9.17, 15) is 4.21 Å². The Labute approximate surface area is 103 Å². The van der Waals surface area contributed by atoms with Crippen LogP contribution in [0.4, 0.5) is 0 Å². The first-order valence-electron chi connectivity index (χ1n) is 5.73. The number of ether oxygens (including phenoxy) is 2. The average molecular weight is 253 g/mol. The molecule has 1 N–H and O–H groups in total. The molecular weight excluding hydrogens is 238 g/mol. The van der Waals surface area contributed by atoms with E-state index in [1.165, 1.54) is 0 Å². The zero-order valence-corrected chi connectivity index (χ0v) is 10.7. The van der Waals surface area contributed by atoms with E-state index in [4.69, 9.17) is 9.47 Å². The van der Waals surface area contributed by atoms with Gasteiger partial charge in [0.25, 0.3) is 0 Å². The van der Waals surface area contributed by atoms with Crippen molar-refractivity contribution in [2.75, 3.05) is 20.3 Å². The second-order valence-electron chi connectivity index (χ2n) is 4.30. The summed E-state index contributed by atoms with van der Waals surface area (Å²) in [5, 5.41) is 3.30. The van der Waals surface area contributed by atoms with Crippen LogP contribution in [0.1, 0.15) is 18.5 Å². The Morgan fingerprint density at radius 1 is 1.29 bits per heavy atom. The van der Waals surface area contributed by atoms with Gasteiger partial charge in [0, 0.05) is 17.0 Å². The van der Waals surface area contributed by atoms with Crippen LogP contribution in [0.3, 0.4) is 0 Å². The first-order valence-corrected chi connectivity index (χ1v) is 6.95. The Kier molecular flexibility index (Phi) is 2.60. The molecule has 3 atom stereocenters. The highest BCUT2D eigenvalue weighted by Crippen LogP contribution is 2.43. The molecular formula is C12H15NO3S. The minimum atomic E-state index is -0.969. The van der Waals surface area contributed by atoms with Crippen LogP contribution in [0.15, 0.2) is 17.0 Å². The molecule has 0 aliphatic carbocycles. The van der Waals surface area contributed by atoms with E-state index in [1.807, 2.05) is 26.1 Å². The van der Waals surface area contributed by atoms with Crippen molar-refractivity contribution in [1.29, 1.82) is 0 Å². The summed E-state index contributed by atoms with van der Waals surface area (Å²) in [6.45, 7) is 3.13. The van der Waals surface area contributed by atoms with Gasteiger partial charge in [0.1, 0.15) is 13.2 Å². The molecule has 2 heterocycles. The summed E-state index contributed by atoms with van der Waals surface area (Å²) in [6, 6.07) is 3.96. The molecule has 5 heteroatoms. The summed E-state index contributed by atoms with van der Waals surface area (Å²) in [5.74, 6) is 1.48. The van der Waals surface area contributed by atoms with Crippen molar-refractivity contribution >= 4 is 10.8 Å². The van der Waals surface area contributed by atoms with Crippen molar-refractivity contribution in [3.05, 3.63) is 17.7 Å². The lowest BCUT2D eigenvalue weighted by atomic mass is 10.0. The molecule has 4 nitrogen and oxygen atoms in total. The van der Waals surface area contributed by atoms with E-state index < -0.39 is 10.8 Å². The first kappa shape index (κ1) is 11.0. The van der Waals surface area contributed by atoms with E-state index in [0.717, 1.165) is 16.2 Å². The van der Waals surface area contributed by atoms with E-state index in [0.29, 0.717) is 19.0 Å². The Balaban J connectivity index is 2.13. The van der Waals surface area contributed by atoms with Gasteiger partial charge in [-0.1, -0.05) is 0 Å². The second-order valence-corrected chi connectivity index (χ2v) is 6.08. The smallest absolute Gasteiger partial charge is 0.162 e. The molecule has 0 spiro atoms. The van der Waals surface area contributed by atoms with Crippen LogP contribution in [0.5, 0.6) is 11.5 Å². The number of fused-ring (bicyclic) bond motifs is 2. The van der Waals surface area contributed by atoms with Crippen molar-refractivity contribution in [1.82, 2.24) is 5.32 Å². The van der Waals surface area contributed by atoms with Crippen LogP contribution in [0.2, 0.25) is 0 Å². The van der Waals surface area contributed by atoms with Gasteiger partial charge in [0.15, 0.2) is 11.5 Å². The van der Waals surface area contributed by atoms with Crippen LogP contribution in [-0.2, 0) is 10.8 Å². The molecule has 0 amide bonds.